The van der Waals surface area contributed by atoms with Crippen molar-refractivity contribution in [1.29, 1.82) is 0 Å². The Kier molecular flexibility index (Phi) is 6.05. The van der Waals surface area contributed by atoms with E-state index in [1.807, 2.05) is 13.8 Å². The summed E-state index contributed by atoms with van der Waals surface area (Å²) in [5, 5.41) is 2.97. The van der Waals surface area contributed by atoms with Gasteiger partial charge in [-0.25, -0.2) is 0 Å². The molecule has 0 aromatic carbocycles. The van der Waals surface area contributed by atoms with Crippen LogP contribution in [0.5, 0.6) is 0 Å². The lowest BCUT2D eigenvalue weighted by atomic mass is 9.94. The first-order chi connectivity index (χ1) is 8.48. The van der Waals surface area contributed by atoms with E-state index in [0.29, 0.717) is 12.3 Å². The zero-order chi connectivity index (χ0) is 13.6. The van der Waals surface area contributed by atoms with Crippen LogP contribution in [0.25, 0.3) is 0 Å². The molecule has 2 atom stereocenters. The summed E-state index contributed by atoms with van der Waals surface area (Å²) >= 11 is 0. The molecule has 1 rings (SSSR count). The largest absolute Gasteiger partial charge is 0.381 e. The Morgan fingerprint density at radius 3 is 2.67 bits per heavy atom. The quantitative estimate of drug-likeness (QED) is 0.704. The molecule has 1 heterocycles. The van der Waals surface area contributed by atoms with Gasteiger partial charge in [-0.05, 0) is 39.7 Å². The summed E-state index contributed by atoms with van der Waals surface area (Å²) in [6.07, 6.45) is 2.72. The van der Waals surface area contributed by atoms with Gasteiger partial charge >= 0.3 is 0 Å². The minimum absolute atomic E-state index is 0.0118. The first-order valence-corrected chi connectivity index (χ1v) is 6.66. The zero-order valence-electron chi connectivity index (χ0n) is 11.7. The second kappa shape index (κ2) is 7.07. The van der Waals surface area contributed by atoms with E-state index >= 15 is 0 Å². The molecule has 1 aliphatic rings. The van der Waals surface area contributed by atoms with E-state index in [2.05, 4.69) is 5.32 Å². The molecule has 0 aliphatic carbocycles. The lowest BCUT2D eigenvalue weighted by Gasteiger charge is -2.30. The summed E-state index contributed by atoms with van der Waals surface area (Å²) in [4.78, 5) is 11.4. The molecule has 0 radical (unpaired) electrons. The van der Waals surface area contributed by atoms with Crippen molar-refractivity contribution in [2.24, 2.45) is 11.7 Å². The molecule has 18 heavy (non-hydrogen) atoms. The van der Waals surface area contributed by atoms with E-state index in [1.165, 1.54) is 0 Å². The molecule has 3 N–H and O–H groups in total. The van der Waals surface area contributed by atoms with Crippen molar-refractivity contribution in [3.63, 3.8) is 0 Å². The summed E-state index contributed by atoms with van der Waals surface area (Å²) in [5.74, 6) is 0.238. The first kappa shape index (κ1) is 15.4. The third-order valence-corrected chi connectivity index (χ3v) is 3.75. The molecule has 2 unspecified atom stereocenters. The van der Waals surface area contributed by atoms with Crippen LogP contribution in [-0.4, -0.2) is 44.4 Å². The van der Waals surface area contributed by atoms with Crippen molar-refractivity contribution in [2.45, 2.75) is 44.8 Å². The number of hydrogen-bond donors (Lipinski definition) is 2. The van der Waals surface area contributed by atoms with Gasteiger partial charge in [0.2, 0.25) is 5.91 Å². The second-order valence-corrected chi connectivity index (χ2v) is 5.35. The number of carbonyl (C=O) groups excluding carboxylic acids is 1. The molecule has 0 aromatic heterocycles. The Morgan fingerprint density at radius 2 is 2.17 bits per heavy atom. The van der Waals surface area contributed by atoms with Crippen LogP contribution in [0.15, 0.2) is 0 Å². The maximum absolute atomic E-state index is 11.4. The van der Waals surface area contributed by atoms with Gasteiger partial charge in [-0.2, -0.15) is 0 Å². The summed E-state index contributed by atoms with van der Waals surface area (Å²) < 4.78 is 11.1. The summed E-state index contributed by atoms with van der Waals surface area (Å²) in [6.45, 7) is 6.19. The molecular formula is C13H26N2O3. The molecule has 5 heteroatoms. The van der Waals surface area contributed by atoms with E-state index in [-0.39, 0.29) is 12.0 Å². The van der Waals surface area contributed by atoms with Crippen molar-refractivity contribution >= 4 is 5.91 Å². The molecule has 1 fully saturated rings. The highest BCUT2D eigenvalue weighted by molar-refractivity contribution is 5.84. The molecule has 1 aliphatic heterocycles. The number of nitrogens with one attached hydrogen (secondary N) is 1. The van der Waals surface area contributed by atoms with Gasteiger partial charge in [-0.3, -0.25) is 4.79 Å². The van der Waals surface area contributed by atoms with Crippen LogP contribution in [0.4, 0.5) is 0 Å². The Hall–Kier alpha value is -0.650. The van der Waals surface area contributed by atoms with Crippen LogP contribution in [-0.2, 0) is 14.3 Å². The molecule has 1 saturated heterocycles. The minimum atomic E-state index is -0.699. The van der Waals surface area contributed by atoms with Gasteiger partial charge in [-0.15, -0.1) is 0 Å². The van der Waals surface area contributed by atoms with Crippen molar-refractivity contribution in [3.05, 3.63) is 0 Å². The Morgan fingerprint density at radius 1 is 1.56 bits per heavy atom. The van der Waals surface area contributed by atoms with Crippen LogP contribution < -0.4 is 11.1 Å². The van der Waals surface area contributed by atoms with E-state index in [4.69, 9.17) is 15.2 Å². The Labute approximate surface area is 109 Å². The number of primary amides is 1. The fourth-order valence-corrected chi connectivity index (χ4v) is 2.17. The van der Waals surface area contributed by atoms with Crippen LogP contribution in [0.3, 0.4) is 0 Å². The molecular weight excluding hydrogens is 232 g/mol. The van der Waals surface area contributed by atoms with Crippen LogP contribution in [0.2, 0.25) is 0 Å². The van der Waals surface area contributed by atoms with Crippen molar-refractivity contribution < 1.29 is 14.3 Å². The predicted octanol–water partition coefficient (Wildman–Crippen LogP) is 0.672. The van der Waals surface area contributed by atoms with Gasteiger partial charge in [0.1, 0.15) is 0 Å². The topological polar surface area (TPSA) is 73.6 Å². The summed E-state index contributed by atoms with van der Waals surface area (Å²) in [6, 6.07) is 0. The predicted molar refractivity (Wildman–Crippen MR) is 70.2 cm³/mol. The molecule has 0 bridgehead atoms. The van der Waals surface area contributed by atoms with Gasteiger partial charge in [0.05, 0.1) is 11.6 Å². The zero-order valence-corrected chi connectivity index (χ0v) is 11.7. The molecule has 0 aromatic rings. The van der Waals surface area contributed by atoms with Crippen molar-refractivity contribution in [1.82, 2.24) is 5.32 Å². The normalized spacial score (nSPS) is 22.4. The molecule has 0 spiro atoms. The van der Waals surface area contributed by atoms with Gasteiger partial charge < -0.3 is 20.5 Å². The average molecular weight is 258 g/mol. The highest BCUT2D eigenvalue weighted by Crippen LogP contribution is 2.18. The van der Waals surface area contributed by atoms with E-state index in [9.17, 15) is 4.79 Å². The number of likely N-dealkylation sites (N-methyl/N-ethyl adjacent to an activating group) is 1. The van der Waals surface area contributed by atoms with E-state index in [1.54, 1.807) is 7.05 Å². The maximum atomic E-state index is 11.4. The van der Waals surface area contributed by atoms with E-state index < -0.39 is 5.54 Å². The van der Waals surface area contributed by atoms with Crippen LogP contribution >= 0.6 is 0 Å². The Balaban J connectivity index is 2.31. The summed E-state index contributed by atoms with van der Waals surface area (Å²) in [7, 11) is 1.75. The molecule has 1 amide bonds. The second-order valence-electron chi connectivity index (χ2n) is 5.35. The molecule has 0 saturated carbocycles. The Bertz CT molecular complexity index is 267. The smallest absolute Gasteiger partial charge is 0.237 e. The number of amides is 1. The number of carbonyl (C=O) groups is 1. The molecule has 106 valence electrons. The monoisotopic (exact) mass is 258 g/mol. The van der Waals surface area contributed by atoms with Gasteiger partial charge in [-0.1, -0.05) is 0 Å². The molecule has 5 nitrogen and oxygen atoms in total. The van der Waals surface area contributed by atoms with E-state index in [0.717, 1.165) is 32.7 Å². The fourth-order valence-electron chi connectivity index (χ4n) is 2.17. The van der Waals surface area contributed by atoms with Crippen molar-refractivity contribution in [3.8, 4) is 0 Å². The highest BCUT2D eigenvalue weighted by atomic mass is 16.5. The van der Waals surface area contributed by atoms with Gasteiger partial charge in [0.15, 0.2) is 0 Å². The van der Waals surface area contributed by atoms with Gasteiger partial charge in [0, 0.05) is 26.2 Å². The summed E-state index contributed by atoms with van der Waals surface area (Å²) in [5.41, 5.74) is 4.70. The number of ether oxygens (including phenoxy) is 2. The van der Waals surface area contributed by atoms with Gasteiger partial charge in [0.25, 0.3) is 0 Å². The van der Waals surface area contributed by atoms with Crippen LogP contribution in [0.1, 0.15) is 33.1 Å². The minimum Gasteiger partial charge on any atom is -0.381 e. The van der Waals surface area contributed by atoms with Crippen LogP contribution in [0, 0.1) is 5.92 Å². The first-order valence-electron chi connectivity index (χ1n) is 6.66. The lowest BCUT2D eigenvalue weighted by Crippen LogP contribution is -2.53. The fraction of sp³-hybridized carbons (Fsp3) is 0.923. The maximum Gasteiger partial charge on any atom is 0.237 e. The lowest BCUT2D eigenvalue weighted by molar-refractivity contribution is -0.125. The highest BCUT2D eigenvalue weighted by Gasteiger charge is 2.31. The SMILES string of the molecule is CNC(C)(CC(C)OCC1CCOCC1)C(N)=O. The average Bonchev–Trinajstić information content (AvgIpc) is 2.37. The number of rotatable bonds is 7. The number of hydrogen-bond acceptors (Lipinski definition) is 4. The van der Waals surface area contributed by atoms with Crippen molar-refractivity contribution in [2.75, 3.05) is 26.9 Å². The number of nitrogens with two attached hydrogens (primary N) is 1. The third kappa shape index (κ3) is 4.55. The third-order valence-electron chi connectivity index (χ3n) is 3.75. The standard InChI is InChI=1S/C13H26N2O3/c1-10(8-13(2,15-3)12(14)16)18-9-11-4-6-17-7-5-11/h10-11,15H,4-9H2,1-3H3,(H2,14,16).